The van der Waals surface area contributed by atoms with Gasteiger partial charge in [0.25, 0.3) is 0 Å². The first-order chi connectivity index (χ1) is 11.6. The maximum absolute atomic E-state index is 10.9. The molecule has 128 valence electrons. The fourth-order valence-electron chi connectivity index (χ4n) is 3.21. The van der Waals surface area contributed by atoms with Crippen LogP contribution in [0.4, 0.5) is 0 Å². The van der Waals surface area contributed by atoms with Crippen molar-refractivity contribution in [1.82, 2.24) is 10.1 Å². The summed E-state index contributed by atoms with van der Waals surface area (Å²) in [5.41, 5.74) is 2.56. The molecule has 0 amide bonds. The molecule has 2 aromatic rings. The number of hydrogen-bond donors (Lipinski definition) is 1. The Morgan fingerprint density at radius 3 is 2.67 bits per heavy atom. The second-order valence-corrected chi connectivity index (χ2v) is 6.86. The van der Waals surface area contributed by atoms with E-state index < -0.39 is 5.60 Å². The number of allylic oxidation sites excluding steroid dienone is 1. The molecule has 0 bridgehead atoms. The summed E-state index contributed by atoms with van der Waals surface area (Å²) in [5.74, 6) is 0.759. The van der Waals surface area contributed by atoms with Crippen LogP contribution in [-0.2, 0) is 6.42 Å². The van der Waals surface area contributed by atoms with Gasteiger partial charge in [-0.2, -0.15) is 0 Å². The monoisotopic (exact) mass is 326 g/mol. The van der Waals surface area contributed by atoms with Gasteiger partial charge in [-0.25, -0.2) is 0 Å². The van der Waals surface area contributed by atoms with Crippen molar-refractivity contribution in [1.29, 1.82) is 0 Å². The second kappa shape index (κ2) is 7.32. The molecule has 0 aliphatic carbocycles. The quantitative estimate of drug-likeness (QED) is 0.852. The van der Waals surface area contributed by atoms with Crippen molar-refractivity contribution >= 4 is 0 Å². The molecule has 1 aromatic carbocycles. The predicted molar refractivity (Wildman–Crippen MR) is 95.7 cm³/mol. The van der Waals surface area contributed by atoms with E-state index in [1.165, 1.54) is 5.57 Å². The van der Waals surface area contributed by atoms with Gasteiger partial charge in [0.15, 0.2) is 0 Å². The van der Waals surface area contributed by atoms with Gasteiger partial charge < -0.3 is 9.63 Å². The molecule has 0 spiro atoms. The Kier molecular flexibility index (Phi) is 5.17. The zero-order valence-corrected chi connectivity index (χ0v) is 14.5. The summed E-state index contributed by atoms with van der Waals surface area (Å²) in [4.78, 5) is 2.40. The molecule has 1 aliphatic rings. The van der Waals surface area contributed by atoms with Crippen molar-refractivity contribution in [3.8, 4) is 11.3 Å². The number of rotatable bonds is 5. The Balaban J connectivity index is 1.60. The standard InChI is InChI=1S/C20H26N2O2/c1-3-16(2)15-22-11-9-20(23,10-12-22)14-18-13-19(21-24-18)17-7-5-4-6-8-17/h3-8,13,23H,9-12,14-15H2,1-2H3. The highest BCUT2D eigenvalue weighted by molar-refractivity contribution is 5.58. The molecule has 1 saturated heterocycles. The van der Waals surface area contributed by atoms with Crippen LogP contribution >= 0.6 is 0 Å². The molecule has 4 heteroatoms. The minimum atomic E-state index is -0.687. The molecule has 1 fully saturated rings. The predicted octanol–water partition coefficient (Wildman–Crippen LogP) is 3.68. The summed E-state index contributed by atoms with van der Waals surface area (Å²) < 4.78 is 5.46. The topological polar surface area (TPSA) is 49.5 Å². The van der Waals surface area contributed by atoms with E-state index in [1.54, 1.807) is 0 Å². The van der Waals surface area contributed by atoms with Gasteiger partial charge in [0, 0.05) is 37.7 Å². The maximum atomic E-state index is 10.9. The maximum Gasteiger partial charge on any atom is 0.140 e. The van der Waals surface area contributed by atoms with E-state index in [9.17, 15) is 5.11 Å². The number of likely N-dealkylation sites (tertiary alicyclic amines) is 1. The van der Waals surface area contributed by atoms with Gasteiger partial charge in [0.1, 0.15) is 11.5 Å². The molecular weight excluding hydrogens is 300 g/mol. The third-order valence-electron chi connectivity index (χ3n) is 4.88. The van der Waals surface area contributed by atoms with Gasteiger partial charge in [0.2, 0.25) is 0 Å². The Bertz CT molecular complexity index is 683. The average molecular weight is 326 g/mol. The third kappa shape index (κ3) is 4.13. The average Bonchev–Trinajstić information content (AvgIpc) is 3.06. The molecule has 0 radical (unpaired) electrons. The highest BCUT2D eigenvalue weighted by Crippen LogP contribution is 2.28. The fourth-order valence-corrected chi connectivity index (χ4v) is 3.21. The van der Waals surface area contributed by atoms with Gasteiger partial charge in [-0.1, -0.05) is 47.1 Å². The van der Waals surface area contributed by atoms with Crippen LogP contribution in [-0.4, -0.2) is 40.4 Å². The van der Waals surface area contributed by atoms with Crippen molar-refractivity contribution in [2.45, 2.75) is 38.7 Å². The lowest BCUT2D eigenvalue weighted by Crippen LogP contribution is -2.46. The number of piperidine rings is 1. The minimum Gasteiger partial charge on any atom is -0.389 e. The molecule has 3 rings (SSSR count). The number of aliphatic hydroxyl groups is 1. The van der Waals surface area contributed by atoms with E-state index in [1.807, 2.05) is 36.4 Å². The van der Waals surface area contributed by atoms with Crippen molar-refractivity contribution < 1.29 is 9.63 Å². The van der Waals surface area contributed by atoms with Crippen LogP contribution in [0, 0.1) is 0 Å². The SMILES string of the molecule is CC=C(C)CN1CCC(O)(Cc2cc(-c3ccccc3)no2)CC1. The normalized spacial score (nSPS) is 18.7. The largest absolute Gasteiger partial charge is 0.389 e. The van der Waals surface area contributed by atoms with Crippen LogP contribution < -0.4 is 0 Å². The van der Waals surface area contributed by atoms with Crippen LogP contribution in [0.25, 0.3) is 11.3 Å². The van der Waals surface area contributed by atoms with Crippen LogP contribution in [0.3, 0.4) is 0 Å². The van der Waals surface area contributed by atoms with Crippen molar-refractivity contribution in [2.75, 3.05) is 19.6 Å². The Morgan fingerprint density at radius 2 is 2.00 bits per heavy atom. The number of nitrogens with zero attached hydrogens (tertiary/aromatic N) is 2. The van der Waals surface area contributed by atoms with Gasteiger partial charge in [-0.3, -0.25) is 4.90 Å². The minimum absolute atomic E-state index is 0.531. The van der Waals surface area contributed by atoms with Crippen molar-refractivity contribution in [3.05, 3.63) is 53.8 Å². The number of benzene rings is 1. The van der Waals surface area contributed by atoms with E-state index in [4.69, 9.17) is 4.52 Å². The summed E-state index contributed by atoms with van der Waals surface area (Å²) in [5, 5.41) is 15.0. The van der Waals surface area contributed by atoms with Crippen LogP contribution in [0.1, 0.15) is 32.4 Å². The zero-order chi connectivity index (χ0) is 17.0. The summed E-state index contributed by atoms with van der Waals surface area (Å²) in [6.45, 7) is 7.06. The lowest BCUT2D eigenvalue weighted by Gasteiger charge is -2.37. The lowest BCUT2D eigenvalue weighted by atomic mass is 9.87. The Morgan fingerprint density at radius 1 is 1.29 bits per heavy atom. The van der Waals surface area contributed by atoms with Gasteiger partial charge >= 0.3 is 0 Å². The van der Waals surface area contributed by atoms with Gasteiger partial charge in [-0.15, -0.1) is 0 Å². The molecule has 1 aromatic heterocycles. The highest BCUT2D eigenvalue weighted by Gasteiger charge is 2.33. The molecule has 0 unspecified atom stereocenters. The number of aromatic nitrogens is 1. The Labute approximate surface area is 143 Å². The molecule has 1 aliphatic heterocycles. The molecular formula is C20H26N2O2. The van der Waals surface area contributed by atoms with Gasteiger partial charge in [-0.05, 0) is 26.7 Å². The molecule has 0 saturated carbocycles. The first kappa shape index (κ1) is 16.9. The summed E-state index contributed by atoms with van der Waals surface area (Å²) in [6, 6.07) is 11.9. The zero-order valence-electron chi connectivity index (χ0n) is 14.5. The van der Waals surface area contributed by atoms with E-state index >= 15 is 0 Å². The third-order valence-corrected chi connectivity index (χ3v) is 4.88. The molecule has 1 N–H and O–H groups in total. The molecule has 0 atom stereocenters. The van der Waals surface area contributed by atoms with Crippen LogP contribution in [0.15, 0.2) is 52.6 Å². The Hall–Kier alpha value is -1.91. The van der Waals surface area contributed by atoms with E-state index in [0.717, 1.165) is 49.5 Å². The molecule has 24 heavy (non-hydrogen) atoms. The number of hydrogen-bond acceptors (Lipinski definition) is 4. The van der Waals surface area contributed by atoms with E-state index in [2.05, 4.69) is 30.0 Å². The highest BCUT2D eigenvalue weighted by atomic mass is 16.5. The van der Waals surface area contributed by atoms with Gasteiger partial charge in [0.05, 0.1) is 5.60 Å². The lowest BCUT2D eigenvalue weighted by molar-refractivity contribution is -0.0228. The molecule has 2 heterocycles. The fraction of sp³-hybridized carbons (Fsp3) is 0.450. The first-order valence-electron chi connectivity index (χ1n) is 8.65. The van der Waals surface area contributed by atoms with Crippen molar-refractivity contribution in [3.63, 3.8) is 0 Å². The van der Waals surface area contributed by atoms with E-state index in [-0.39, 0.29) is 0 Å². The summed E-state index contributed by atoms with van der Waals surface area (Å²) in [6.07, 6.45) is 4.22. The van der Waals surface area contributed by atoms with Crippen LogP contribution in [0.5, 0.6) is 0 Å². The smallest absolute Gasteiger partial charge is 0.140 e. The van der Waals surface area contributed by atoms with Crippen molar-refractivity contribution in [2.24, 2.45) is 0 Å². The van der Waals surface area contributed by atoms with E-state index in [0.29, 0.717) is 6.42 Å². The summed E-state index contributed by atoms with van der Waals surface area (Å²) >= 11 is 0. The second-order valence-electron chi connectivity index (χ2n) is 6.86. The first-order valence-corrected chi connectivity index (χ1v) is 8.65. The molecule has 4 nitrogen and oxygen atoms in total. The van der Waals surface area contributed by atoms with Crippen LogP contribution in [0.2, 0.25) is 0 Å². The summed E-state index contributed by atoms with van der Waals surface area (Å²) in [7, 11) is 0.